The SMILES string of the molecule is CC(C)C(CCNc1nc(C(F)(F)F)ns1)CCC(=O)O. The molecule has 1 aromatic rings. The molecule has 1 rings (SSSR count). The Hall–Kier alpha value is -1.38. The van der Waals surface area contributed by atoms with Crippen LogP contribution in [0, 0.1) is 11.8 Å². The van der Waals surface area contributed by atoms with Gasteiger partial charge in [0.25, 0.3) is 0 Å². The fraction of sp³-hybridized carbons (Fsp3) is 0.750. The second-order valence-corrected chi connectivity index (χ2v) is 5.82. The van der Waals surface area contributed by atoms with Crippen LogP contribution < -0.4 is 5.32 Å². The monoisotopic (exact) mass is 325 g/mol. The van der Waals surface area contributed by atoms with Crippen LogP contribution in [0.3, 0.4) is 0 Å². The molecule has 0 aliphatic rings. The Morgan fingerprint density at radius 2 is 2.05 bits per heavy atom. The van der Waals surface area contributed by atoms with Crippen LogP contribution in [-0.4, -0.2) is 27.0 Å². The van der Waals surface area contributed by atoms with Crippen molar-refractivity contribution in [1.29, 1.82) is 0 Å². The number of carboxylic acid groups (broad SMARTS) is 1. The molecular formula is C12H18F3N3O2S. The number of alkyl halides is 3. The summed E-state index contributed by atoms with van der Waals surface area (Å²) in [6.07, 6.45) is -3.21. The molecule has 1 aromatic heterocycles. The summed E-state index contributed by atoms with van der Waals surface area (Å²) in [5, 5.41) is 11.6. The van der Waals surface area contributed by atoms with Gasteiger partial charge in [-0.3, -0.25) is 4.79 Å². The van der Waals surface area contributed by atoms with Crippen LogP contribution in [-0.2, 0) is 11.0 Å². The lowest BCUT2D eigenvalue weighted by Gasteiger charge is -2.19. The predicted molar refractivity (Wildman–Crippen MR) is 73.2 cm³/mol. The Balaban J connectivity index is 2.43. The van der Waals surface area contributed by atoms with Gasteiger partial charge in [-0.2, -0.15) is 22.5 Å². The molecular weight excluding hydrogens is 307 g/mol. The minimum absolute atomic E-state index is 0.0971. The van der Waals surface area contributed by atoms with E-state index in [9.17, 15) is 18.0 Å². The Kier molecular flexibility index (Phi) is 6.38. The zero-order valence-electron chi connectivity index (χ0n) is 11.8. The molecule has 2 N–H and O–H groups in total. The van der Waals surface area contributed by atoms with E-state index in [0.29, 0.717) is 36.8 Å². The fourth-order valence-electron chi connectivity index (χ4n) is 1.89. The van der Waals surface area contributed by atoms with Gasteiger partial charge in [0.05, 0.1) is 0 Å². The molecule has 0 aliphatic heterocycles. The third kappa shape index (κ3) is 6.28. The number of carbonyl (C=O) groups is 1. The van der Waals surface area contributed by atoms with Gasteiger partial charge >= 0.3 is 12.1 Å². The van der Waals surface area contributed by atoms with Crippen molar-refractivity contribution in [3.8, 4) is 0 Å². The highest BCUT2D eigenvalue weighted by atomic mass is 32.1. The first-order chi connectivity index (χ1) is 9.70. The fourth-order valence-corrected chi connectivity index (χ4v) is 2.51. The Morgan fingerprint density at radius 3 is 2.52 bits per heavy atom. The van der Waals surface area contributed by atoms with Crippen molar-refractivity contribution < 1.29 is 23.1 Å². The van der Waals surface area contributed by atoms with E-state index in [1.54, 1.807) is 0 Å². The number of anilines is 1. The van der Waals surface area contributed by atoms with E-state index in [0.717, 1.165) is 0 Å². The van der Waals surface area contributed by atoms with Gasteiger partial charge in [0.1, 0.15) is 0 Å². The van der Waals surface area contributed by atoms with Gasteiger partial charge in [-0.25, -0.2) is 0 Å². The quantitative estimate of drug-likeness (QED) is 0.765. The maximum Gasteiger partial charge on any atom is 0.452 e. The molecule has 0 bridgehead atoms. The van der Waals surface area contributed by atoms with Crippen LogP contribution in [0.1, 0.15) is 38.9 Å². The van der Waals surface area contributed by atoms with E-state index < -0.39 is 18.0 Å². The van der Waals surface area contributed by atoms with E-state index in [1.807, 2.05) is 13.8 Å². The minimum Gasteiger partial charge on any atom is -0.481 e. The predicted octanol–water partition coefficient (Wildman–Crippen LogP) is 3.50. The van der Waals surface area contributed by atoms with Gasteiger partial charge in [-0.1, -0.05) is 13.8 Å². The lowest BCUT2D eigenvalue weighted by atomic mass is 9.88. The number of halogens is 3. The highest BCUT2D eigenvalue weighted by Gasteiger charge is 2.36. The van der Waals surface area contributed by atoms with E-state index >= 15 is 0 Å². The third-order valence-corrected chi connectivity index (χ3v) is 3.82. The van der Waals surface area contributed by atoms with Crippen molar-refractivity contribution in [2.45, 2.75) is 39.3 Å². The highest BCUT2D eigenvalue weighted by Crippen LogP contribution is 2.29. The minimum atomic E-state index is -4.53. The zero-order valence-corrected chi connectivity index (χ0v) is 12.6. The number of carboxylic acids is 1. The molecule has 0 spiro atoms. The standard InChI is InChI=1S/C12H18F3N3O2S/c1-7(2)8(3-4-9(19)20)5-6-16-11-17-10(18-21-11)12(13,14)15/h7-8H,3-6H2,1-2H3,(H,19,20)(H,16,17,18). The highest BCUT2D eigenvalue weighted by molar-refractivity contribution is 7.09. The first-order valence-corrected chi connectivity index (χ1v) is 7.34. The van der Waals surface area contributed by atoms with E-state index in [4.69, 9.17) is 5.11 Å². The molecule has 0 fully saturated rings. The van der Waals surface area contributed by atoms with Crippen LogP contribution in [0.15, 0.2) is 0 Å². The number of nitrogens with zero attached hydrogens (tertiary/aromatic N) is 2. The molecule has 0 aromatic carbocycles. The van der Waals surface area contributed by atoms with Crippen molar-refractivity contribution in [2.75, 3.05) is 11.9 Å². The lowest BCUT2D eigenvalue weighted by molar-refractivity contribution is -0.144. The smallest absolute Gasteiger partial charge is 0.452 e. The van der Waals surface area contributed by atoms with Crippen LogP contribution in [0.25, 0.3) is 0 Å². The van der Waals surface area contributed by atoms with Crippen molar-refractivity contribution >= 4 is 22.6 Å². The second-order valence-electron chi connectivity index (χ2n) is 5.07. The van der Waals surface area contributed by atoms with Crippen LogP contribution in [0.2, 0.25) is 0 Å². The molecule has 120 valence electrons. The van der Waals surface area contributed by atoms with Crippen LogP contribution in [0.5, 0.6) is 0 Å². The lowest BCUT2D eigenvalue weighted by Crippen LogP contribution is -2.16. The van der Waals surface area contributed by atoms with Gasteiger partial charge in [-0.05, 0) is 24.7 Å². The molecule has 1 unspecified atom stereocenters. The molecule has 0 saturated carbocycles. The zero-order chi connectivity index (χ0) is 16.0. The first kappa shape index (κ1) is 17.7. The Morgan fingerprint density at radius 1 is 1.38 bits per heavy atom. The number of rotatable bonds is 8. The molecule has 0 aliphatic carbocycles. The summed E-state index contributed by atoms with van der Waals surface area (Å²) in [6, 6.07) is 0. The number of aromatic nitrogens is 2. The topological polar surface area (TPSA) is 75.1 Å². The normalized spacial score (nSPS) is 13.4. The summed E-state index contributed by atoms with van der Waals surface area (Å²) in [4.78, 5) is 14.0. The average Bonchev–Trinajstić information content (AvgIpc) is 2.81. The van der Waals surface area contributed by atoms with Gasteiger partial charge in [-0.15, -0.1) is 0 Å². The van der Waals surface area contributed by atoms with Crippen molar-refractivity contribution in [3.05, 3.63) is 5.82 Å². The van der Waals surface area contributed by atoms with Crippen molar-refractivity contribution in [3.63, 3.8) is 0 Å². The summed E-state index contributed by atoms with van der Waals surface area (Å²) in [6.45, 7) is 4.44. The van der Waals surface area contributed by atoms with Crippen LogP contribution in [0.4, 0.5) is 18.3 Å². The summed E-state index contributed by atoms with van der Waals surface area (Å²) >= 11 is 0.668. The summed E-state index contributed by atoms with van der Waals surface area (Å²) in [5.41, 5.74) is 0. The number of nitrogens with one attached hydrogen (secondary N) is 1. The molecule has 0 amide bonds. The Bertz CT molecular complexity index is 463. The third-order valence-electron chi connectivity index (χ3n) is 3.14. The molecule has 1 heterocycles. The molecule has 9 heteroatoms. The molecule has 0 saturated heterocycles. The average molecular weight is 325 g/mol. The molecule has 21 heavy (non-hydrogen) atoms. The first-order valence-electron chi connectivity index (χ1n) is 6.56. The molecule has 1 atom stereocenters. The van der Waals surface area contributed by atoms with E-state index in [-0.39, 0.29) is 17.5 Å². The van der Waals surface area contributed by atoms with Gasteiger partial charge in [0.2, 0.25) is 11.0 Å². The maximum atomic E-state index is 12.3. The van der Waals surface area contributed by atoms with Crippen molar-refractivity contribution in [2.24, 2.45) is 11.8 Å². The number of hydrogen-bond acceptors (Lipinski definition) is 5. The van der Waals surface area contributed by atoms with E-state index in [2.05, 4.69) is 14.7 Å². The summed E-state index contributed by atoms with van der Waals surface area (Å²) in [5.74, 6) is -1.47. The molecule has 5 nitrogen and oxygen atoms in total. The van der Waals surface area contributed by atoms with Gasteiger partial charge in [0, 0.05) is 24.5 Å². The largest absolute Gasteiger partial charge is 0.481 e. The van der Waals surface area contributed by atoms with Gasteiger partial charge in [0.15, 0.2) is 0 Å². The van der Waals surface area contributed by atoms with E-state index in [1.165, 1.54) is 0 Å². The van der Waals surface area contributed by atoms with Crippen LogP contribution >= 0.6 is 11.5 Å². The number of aliphatic carboxylic acids is 1. The second kappa shape index (κ2) is 7.58. The van der Waals surface area contributed by atoms with Gasteiger partial charge < -0.3 is 10.4 Å². The summed E-state index contributed by atoms with van der Waals surface area (Å²) < 4.78 is 40.2. The number of hydrogen-bond donors (Lipinski definition) is 2. The maximum absolute atomic E-state index is 12.3. The summed E-state index contributed by atoms with van der Waals surface area (Å²) in [7, 11) is 0. The van der Waals surface area contributed by atoms with Crippen molar-refractivity contribution in [1.82, 2.24) is 9.36 Å². The molecule has 0 radical (unpaired) electrons. The Labute approximate surface area is 124 Å².